The van der Waals surface area contributed by atoms with Gasteiger partial charge >= 0.3 is 0 Å². The van der Waals surface area contributed by atoms with Gasteiger partial charge in [-0.3, -0.25) is 14.4 Å². The van der Waals surface area contributed by atoms with Gasteiger partial charge in [0.15, 0.2) is 5.65 Å². The number of amides is 1. The molecule has 0 aliphatic carbocycles. The number of piperazine rings is 1. The Balaban J connectivity index is 1.32. The number of aryl methyl sites for hydroxylation is 2. The molecule has 9 nitrogen and oxygen atoms in total. The minimum Gasteiger partial charge on any atom is -0.497 e. The summed E-state index contributed by atoms with van der Waals surface area (Å²) in [6, 6.07) is 9.35. The first-order chi connectivity index (χ1) is 17.8. The fourth-order valence-corrected chi connectivity index (χ4v) is 4.78. The van der Waals surface area contributed by atoms with E-state index in [-0.39, 0.29) is 23.7 Å². The van der Waals surface area contributed by atoms with E-state index in [9.17, 15) is 13.6 Å². The Bertz CT molecular complexity index is 1420. The van der Waals surface area contributed by atoms with Crippen molar-refractivity contribution in [3.63, 3.8) is 0 Å². The Morgan fingerprint density at radius 1 is 1.16 bits per heavy atom. The van der Waals surface area contributed by atoms with E-state index in [1.54, 1.807) is 43.1 Å². The predicted octanol–water partition coefficient (Wildman–Crippen LogP) is 3.43. The lowest BCUT2D eigenvalue weighted by Crippen LogP contribution is -2.49. The van der Waals surface area contributed by atoms with Crippen LogP contribution in [0.1, 0.15) is 23.2 Å². The largest absolute Gasteiger partial charge is 0.497 e. The number of fused-ring (bicyclic) bond motifs is 1. The van der Waals surface area contributed by atoms with Crippen LogP contribution in [-0.2, 0) is 24.9 Å². The first-order valence-electron chi connectivity index (χ1n) is 12.1. The molecule has 0 atom stereocenters. The van der Waals surface area contributed by atoms with Gasteiger partial charge in [-0.1, -0.05) is 12.1 Å². The molecule has 1 saturated heterocycles. The van der Waals surface area contributed by atoms with Crippen molar-refractivity contribution in [1.29, 1.82) is 0 Å². The van der Waals surface area contributed by atoms with Crippen LogP contribution >= 0.6 is 0 Å². The molecule has 1 fully saturated rings. The molecule has 0 spiro atoms. The highest BCUT2D eigenvalue weighted by Crippen LogP contribution is 2.33. The Morgan fingerprint density at radius 2 is 1.95 bits per heavy atom. The van der Waals surface area contributed by atoms with Crippen LogP contribution in [-0.4, -0.2) is 73.5 Å². The molecule has 0 unspecified atom stereocenters. The van der Waals surface area contributed by atoms with Gasteiger partial charge in [-0.05, 0) is 30.7 Å². The molecule has 1 aromatic carbocycles. The lowest BCUT2D eigenvalue weighted by Gasteiger charge is -2.34. The predicted molar refractivity (Wildman–Crippen MR) is 134 cm³/mol. The van der Waals surface area contributed by atoms with Gasteiger partial charge in [0.05, 0.1) is 30.1 Å². The van der Waals surface area contributed by atoms with Gasteiger partial charge in [-0.25, -0.2) is 18.4 Å². The van der Waals surface area contributed by atoms with E-state index in [2.05, 4.69) is 26.1 Å². The molecule has 5 rings (SSSR count). The Labute approximate surface area is 213 Å². The monoisotopic (exact) mass is 509 g/mol. The smallest absolute Gasteiger partial charge is 0.264 e. The zero-order valence-corrected chi connectivity index (χ0v) is 21.1. The number of rotatable bonds is 7. The minimum atomic E-state index is -2.70. The molecule has 194 valence electrons. The molecule has 0 N–H and O–H groups in total. The summed E-state index contributed by atoms with van der Waals surface area (Å²) in [4.78, 5) is 21.9. The number of nitrogens with zero attached hydrogens (tertiary/aromatic N) is 7. The van der Waals surface area contributed by atoms with Crippen LogP contribution in [0.4, 0.5) is 8.78 Å². The molecule has 0 bridgehead atoms. The van der Waals surface area contributed by atoms with E-state index in [1.807, 2.05) is 18.2 Å². The lowest BCUT2D eigenvalue weighted by atomic mass is 10.1. The van der Waals surface area contributed by atoms with Crippen molar-refractivity contribution >= 4 is 16.9 Å². The number of ether oxygens (including phenoxy) is 1. The van der Waals surface area contributed by atoms with Gasteiger partial charge in [0.1, 0.15) is 12.3 Å². The number of halogens is 2. The summed E-state index contributed by atoms with van der Waals surface area (Å²) >= 11 is 0. The Morgan fingerprint density at radius 3 is 2.62 bits per heavy atom. The summed E-state index contributed by atoms with van der Waals surface area (Å²) in [5.74, 6) is 0.709. The molecule has 4 heterocycles. The number of pyridine rings is 1. The summed E-state index contributed by atoms with van der Waals surface area (Å²) in [6.45, 7) is 5.01. The Hall–Kier alpha value is -3.86. The lowest BCUT2D eigenvalue weighted by molar-refractivity contribution is -0.133. The molecule has 1 aliphatic heterocycles. The van der Waals surface area contributed by atoms with Crippen LogP contribution in [0.2, 0.25) is 0 Å². The zero-order valence-electron chi connectivity index (χ0n) is 21.1. The SMILES string of the molecule is COc1cccc(CN2CCN(C(=O)Cn3nc(C)c4c(C(F)F)cc(-c5cnn(C)c5)nc43)CC2)c1. The highest BCUT2D eigenvalue weighted by Gasteiger charge is 2.25. The van der Waals surface area contributed by atoms with Gasteiger partial charge in [0.25, 0.3) is 6.43 Å². The van der Waals surface area contributed by atoms with Crippen molar-refractivity contribution in [2.75, 3.05) is 33.3 Å². The van der Waals surface area contributed by atoms with E-state index in [0.717, 1.165) is 30.9 Å². The maximum absolute atomic E-state index is 14.0. The summed E-state index contributed by atoms with van der Waals surface area (Å²) in [6.07, 6.45) is 0.589. The summed E-state index contributed by atoms with van der Waals surface area (Å²) < 4.78 is 36.3. The van der Waals surface area contributed by atoms with Crippen molar-refractivity contribution in [3.05, 3.63) is 59.5 Å². The van der Waals surface area contributed by atoms with E-state index in [4.69, 9.17) is 4.74 Å². The van der Waals surface area contributed by atoms with Crippen LogP contribution in [0, 0.1) is 6.92 Å². The van der Waals surface area contributed by atoms with Gasteiger partial charge in [-0.15, -0.1) is 0 Å². The Kier molecular flexibility index (Phi) is 6.88. The van der Waals surface area contributed by atoms with Crippen molar-refractivity contribution in [2.45, 2.75) is 26.4 Å². The van der Waals surface area contributed by atoms with Crippen molar-refractivity contribution in [1.82, 2.24) is 34.3 Å². The molecule has 3 aromatic heterocycles. The van der Waals surface area contributed by atoms with Gasteiger partial charge in [-0.2, -0.15) is 10.2 Å². The van der Waals surface area contributed by atoms with E-state index in [0.29, 0.717) is 35.4 Å². The minimum absolute atomic E-state index is 0.0631. The maximum atomic E-state index is 14.0. The average Bonchev–Trinajstić information content (AvgIpc) is 3.46. The molecule has 0 saturated carbocycles. The first-order valence-corrected chi connectivity index (χ1v) is 12.1. The van der Waals surface area contributed by atoms with Crippen molar-refractivity contribution in [3.8, 4) is 17.0 Å². The van der Waals surface area contributed by atoms with Gasteiger partial charge in [0, 0.05) is 57.1 Å². The second-order valence-corrected chi connectivity index (χ2v) is 9.25. The number of hydrogen-bond donors (Lipinski definition) is 0. The highest BCUT2D eigenvalue weighted by molar-refractivity contribution is 5.87. The van der Waals surface area contributed by atoms with Gasteiger partial charge in [0.2, 0.25) is 5.91 Å². The van der Waals surface area contributed by atoms with Crippen molar-refractivity contribution in [2.24, 2.45) is 7.05 Å². The molecular weight excluding hydrogens is 480 g/mol. The number of benzene rings is 1. The number of alkyl halides is 2. The van der Waals surface area contributed by atoms with Crippen LogP contribution < -0.4 is 4.74 Å². The average molecular weight is 510 g/mol. The highest BCUT2D eigenvalue weighted by atomic mass is 19.3. The maximum Gasteiger partial charge on any atom is 0.264 e. The van der Waals surface area contributed by atoms with Crippen LogP contribution in [0.5, 0.6) is 5.75 Å². The molecule has 0 radical (unpaired) electrons. The van der Waals surface area contributed by atoms with E-state index >= 15 is 0 Å². The fourth-order valence-electron chi connectivity index (χ4n) is 4.78. The third-order valence-electron chi connectivity index (χ3n) is 6.69. The summed E-state index contributed by atoms with van der Waals surface area (Å²) in [5.41, 5.74) is 2.70. The number of carbonyl (C=O) groups excluding carboxylic acids is 1. The summed E-state index contributed by atoms with van der Waals surface area (Å²) in [5, 5.41) is 8.84. The quantitative estimate of drug-likeness (QED) is 0.380. The number of aromatic nitrogens is 5. The van der Waals surface area contributed by atoms with Crippen LogP contribution in [0.15, 0.2) is 42.7 Å². The van der Waals surface area contributed by atoms with E-state index in [1.165, 1.54) is 10.7 Å². The third-order valence-corrected chi connectivity index (χ3v) is 6.69. The van der Waals surface area contributed by atoms with Crippen LogP contribution in [0.3, 0.4) is 0 Å². The molecule has 37 heavy (non-hydrogen) atoms. The topological polar surface area (TPSA) is 81.3 Å². The number of hydrogen-bond acceptors (Lipinski definition) is 6. The van der Waals surface area contributed by atoms with Gasteiger partial charge < -0.3 is 9.64 Å². The van der Waals surface area contributed by atoms with Crippen LogP contribution in [0.25, 0.3) is 22.3 Å². The fraction of sp³-hybridized carbons (Fsp3) is 0.385. The molecule has 1 amide bonds. The van der Waals surface area contributed by atoms with E-state index < -0.39 is 6.43 Å². The molecule has 4 aromatic rings. The zero-order chi connectivity index (χ0) is 26.1. The number of carbonyl (C=O) groups is 1. The standard InChI is InChI=1S/C26H29F2N7O2/c1-17-24-21(25(27)28)12-22(19-13-29-32(2)15-19)30-26(24)35(31-17)16-23(36)34-9-7-33(8-10-34)14-18-5-4-6-20(11-18)37-3/h4-6,11-13,15,25H,7-10,14,16H2,1-3H3. The molecule has 11 heteroatoms. The second kappa shape index (κ2) is 10.3. The normalized spacial score (nSPS) is 14.6. The first kappa shape index (κ1) is 24.8. The second-order valence-electron chi connectivity index (χ2n) is 9.25. The molecular formula is C26H29F2N7O2. The number of methoxy groups -OCH3 is 1. The molecule has 1 aliphatic rings. The summed E-state index contributed by atoms with van der Waals surface area (Å²) in [7, 11) is 3.40. The van der Waals surface area contributed by atoms with Crippen molar-refractivity contribution < 1.29 is 18.3 Å². The third kappa shape index (κ3) is 5.17.